The van der Waals surface area contributed by atoms with Gasteiger partial charge in [0.25, 0.3) is 0 Å². The highest BCUT2D eigenvalue weighted by atomic mass is 32.2. The smallest absolute Gasteiger partial charge is 0.330 e. The first-order chi connectivity index (χ1) is 12.5. The zero-order chi connectivity index (χ0) is 20.5. The molecule has 1 aromatic rings. The molecule has 1 fully saturated rings. The SMILES string of the molecule is CCOC1CC(NC(=O)Cc2cccc(S(=O)(=O)CC)c2)(C(=O)O)C1(C)C. The summed E-state index contributed by atoms with van der Waals surface area (Å²) in [6.07, 6.45) is -0.159. The molecule has 0 bridgehead atoms. The monoisotopic (exact) mass is 397 g/mol. The number of hydrogen-bond donors (Lipinski definition) is 2. The van der Waals surface area contributed by atoms with Gasteiger partial charge in [0.1, 0.15) is 5.54 Å². The van der Waals surface area contributed by atoms with Crippen molar-refractivity contribution in [1.82, 2.24) is 5.32 Å². The van der Waals surface area contributed by atoms with Crippen LogP contribution in [0.5, 0.6) is 0 Å². The number of amides is 1. The second-order valence-electron chi connectivity index (χ2n) is 7.36. The van der Waals surface area contributed by atoms with E-state index in [0.29, 0.717) is 12.2 Å². The Bertz CT molecular complexity index is 832. The Balaban J connectivity index is 2.17. The van der Waals surface area contributed by atoms with E-state index >= 15 is 0 Å². The highest BCUT2D eigenvalue weighted by Gasteiger charge is 2.66. The Morgan fingerprint density at radius 2 is 1.96 bits per heavy atom. The zero-order valence-corrected chi connectivity index (χ0v) is 16.9. The predicted molar refractivity (Wildman–Crippen MR) is 100 cm³/mol. The van der Waals surface area contributed by atoms with Crippen LogP contribution in [0, 0.1) is 5.41 Å². The third-order valence-corrected chi connectivity index (χ3v) is 7.22. The van der Waals surface area contributed by atoms with Gasteiger partial charge in [-0.2, -0.15) is 0 Å². The van der Waals surface area contributed by atoms with Crippen molar-refractivity contribution in [3.05, 3.63) is 29.8 Å². The highest BCUT2D eigenvalue weighted by Crippen LogP contribution is 2.51. The molecule has 0 heterocycles. The van der Waals surface area contributed by atoms with Gasteiger partial charge in [0.2, 0.25) is 5.91 Å². The van der Waals surface area contributed by atoms with Crippen molar-refractivity contribution in [2.45, 2.75) is 57.1 Å². The molecule has 1 aliphatic carbocycles. The number of carbonyl (C=O) groups is 2. The van der Waals surface area contributed by atoms with Crippen molar-refractivity contribution >= 4 is 21.7 Å². The van der Waals surface area contributed by atoms with Gasteiger partial charge in [-0.15, -0.1) is 0 Å². The van der Waals surface area contributed by atoms with Gasteiger partial charge in [0.05, 0.1) is 23.2 Å². The number of hydrogen-bond acceptors (Lipinski definition) is 5. The summed E-state index contributed by atoms with van der Waals surface area (Å²) in [4.78, 5) is 24.6. The minimum atomic E-state index is -3.37. The molecule has 150 valence electrons. The van der Waals surface area contributed by atoms with E-state index in [1.54, 1.807) is 32.9 Å². The largest absolute Gasteiger partial charge is 0.479 e. The topological polar surface area (TPSA) is 110 Å². The molecule has 1 aromatic carbocycles. The lowest BCUT2D eigenvalue weighted by Crippen LogP contribution is -2.76. The fourth-order valence-electron chi connectivity index (χ4n) is 3.52. The van der Waals surface area contributed by atoms with Gasteiger partial charge in [-0.1, -0.05) is 32.9 Å². The van der Waals surface area contributed by atoms with E-state index in [1.807, 2.05) is 6.92 Å². The highest BCUT2D eigenvalue weighted by molar-refractivity contribution is 7.91. The Morgan fingerprint density at radius 3 is 2.48 bits per heavy atom. The molecule has 2 rings (SSSR count). The number of aliphatic carboxylic acids is 1. The summed E-state index contributed by atoms with van der Waals surface area (Å²) in [5.41, 5.74) is -1.66. The zero-order valence-electron chi connectivity index (χ0n) is 16.1. The molecule has 2 atom stereocenters. The minimum Gasteiger partial charge on any atom is -0.479 e. The average Bonchev–Trinajstić information content (AvgIpc) is 2.60. The third kappa shape index (κ3) is 3.87. The Hall–Kier alpha value is -1.93. The van der Waals surface area contributed by atoms with Crippen LogP contribution in [0.25, 0.3) is 0 Å². The predicted octanol–water partition coefficient (Wildman–Crippen LogP) is 1.80. The number of carboxylic acid groups (broad SMARTS) is 1. The van der Waals surface area contributed by atoms with Crippen molar-refractivity contribution < 1.29 is 27.9 Å². The second kappa shape index (κ2) is 7.59. The molecule has 0 spiro atoms. The molecule has 27 heavy (non-hydrogen) atoms. The maximum atomic E-state index is 12.5. The molecule has 8 heteroatoms. The fraction of sp³-hybridized carbons (Fsp3) is 0.579. The van der Waals surface area contributed by atoms with E-state index in [0.717, 1.165) is 0 Å². The molecule has 0 aromatic heterocycles. The fourth-order valence-corrected chi connectivity index (χ4v) is 4.47. The van der Waals surface area contributed by atoms with Gasteiger partial charge in [-0.05, 0) is 24.6 Å². The van der Waals surface area contributed by atoms with Crippen molar-refractivity contribution in [2.24, 2.45) is 5.41 Å². The number of carbonyl (C=O) groups excluding carboxylic acids is 1. The number of sulfone groups is 1. The van der Waals surface area contributed by atoms with Crippen molar-refractivity contribution in [3.63, 3.8) is 0 Å². The summed E-state index contributed by atoms with van der Waals surface area (Å²) < 4.78 is 29.6. The van der Waals surface area contributed by atoms with E-state index in [-0.39, 0.29) is 29.6 Å². The summed E-state index contributed by atoms with van der Waals surface area (Å²) >= 11 is 0. The van der Waals surface area contributed by atoms with E-state index in [9.17, 15) is 23.1 Å². The Morgan fingerprint density at radius 1 is 1.30 bits per heavy atom. The van der Waals surface area contributed by atoms with Gasteiger partial charge in [0.15, 0.2) is 9.84 Å². The van der Waals surface area contributed by atoms with Crippen molar-refractivity contribution in [3.8, 4) is 0 Å². The molecule has 1 aliphatic rings. The molecular weight excluding hydrogens is 370 g/mol. The van der Waals surface area contributed by atoms with Crippen LogP contribution in [0.1, 0.15) is 39.7 Å². The quantitative estimate of drug-likeness (QED) is 0.692. The van der Waals surface area contributed by atoms with Gasteiger partial charge < -0.3 is 15.2 Å². The van der Waals surface area contributed by atoms with E-state index in [4.69, 9.17) is 4.74 Å². The standard InChI is InChI=1S/C19H27NO6S/c1-5-26-15-12-19(17(22)23,18(15,3)4)20-16(21)11-13-8-7-9-14(10-13)27(24,25)6-2/h7-10,15H,5-6,11-12H2,1-4H3,(H,20,21)(H,22,23). The van der Waals surface area contributed by atoms with E-state index in [1.165, 1.54) is 12.1 Å². The van der Waals surface area contributed by atoms with Crippen molar-refractivity contribution in [2.75, 3.05) is 12.4 Å². The number of rotatable bonds is 8. The maximum absolute atomic E-state index is 12.5. The first kappa shape index (κ1) is 21.4. The van der Waals surface area contributed by atoms with Crippen LogP contribution in [0.3, 0.4) is 0 Å². The van der Waals surface area contributed by atoms with Gasteiger partial charge in [0, 0.05) is 18.4 Å². The van der Waals surface area contributed by atoms with Crippen LogP contribution in [0.4, 0.5) is 0 Å². The summed E-state index contributed by atoms with van der Waals surface area (Å²) in [7, 11) is -3.37. The molecule has 0 aliphatic heterocycles. The van der Waals surface area contributed by atoms with Crippen LogP contribution in [0.15, 0.2) is 29.2 Å². The Labute approximate surface area is 160 Å². The molecular formula is C19H27NO6S. The normalized spacial score (nSPS) is 24.1. The summed E-state index contributed by atoms with van der Waals surface area (Å²) in [5.74, 6) is -1.59. The second-order valence-corrected chi connectivity index (χ2v) is 9.63. The van der Waals surface area contributed by atoms with Gasteiger partial charge in [-0.3, -0.25) is 4.79 Å². The summed E-state index contributed by atoms with van der Waals surface area (Å²) in [6.45, 7) is 7.39. The van der Waals surface area contributed by atoms with Crippen LogP contribution < -0.4 is 5.32 Å². The first-order valence-corrected chi connectivity index (χ1v) is 10.6. The maximum Gasteiger partial charge on any atom is 0.330 e. The lowest BCUT2D eigenvalue weighted by atomic mass is 9.54. The molecule has 2 unspecified atom stereocenters. The first-order valence-electron chi connectivity index (χ1n) is 8.98. The molecule has 1 saturated carbocycles. The molecule has 1 amide bonds. The Kier molecular flexibility index (Phi) is 6.01. The van der Waals surface area contributed by atoms with Crippen LogP contribution in [-0.4, -0.2) is 49.4 Å². The number of carboxylic acids is 1. The van der Waals surface area contributed by atoms with Gasteiger partial charge >= 0.3 is 5.97 Å². The van der Waals surface area contributed by atoms with Crippen molar-refractivity contribution in [1.29, 1.82) is 0 Å². The molecule has 2 N–H and O–H groups in total. The van der Waals surface area contributed by atoms with Gasteiger partial charge in [-0.25, -0.2) is 13.2 Å². The lowest BCUT2D eigenvalue weighted by molar-refractivity contribution is -0.194. The van der Waals surface area contributed by atoms with E-state index < -0.39 is 32.7 Å². The molecule has 0 radical (unpaired) electrons. The molecule has 7 nitrogen and oxygen atoms in total. The molecule has 0 saturated heterocycles. The number of benzene rings is 1. The lowest BCUT2D eigenvalue weighted by Gasteiger charge is -2.58. The van der Waals surface area contributed by atoms with Crippen LogP contribution >= 0.6 is 0 Å². The summed E-state index contributed by atoms with van der Waals surface area (Å²) in [6, 6.07) is 6.18. The number of ether oxygens (including phenoxy) is 1. The average molecular weight is 397 g/mol. The summed E-state index contributed by atoms with van der Waals surface area (Å²) in [5, 5.41) is 12.4. The third-order valence-electron chi connectivity index (χ3n) is 5.48. The van der Waals surface area contributed by atoms with E-state index in [2.05, 4.69) is 5.32 Å². The number of nitrogens with one attached hydrogen (secondary N) is 1. The minimum absolute atomic E-state index is 0.0300. The van der Waals surface area contributed by atoms with Crippen LogP contribution in [0.2, 0.25) is 0 Å². The van der Waals surface area contributed by atoms with Crippen LogP contribution in [-0.2, 0) is 30.6 Å².